The lowest BCUT2D eigenvalue weighted by atomic mass is 9.43. The van der Waals surface area contributed by atoms with Crippen molar-refractivity contribution in [3.8, 4) is 0 Å². The molecule has 2 N–H and O–H groups in total. The van der Waals surface area contributed by atoms with Crippen LogP contribution in [0.5, 0.6) is 0 Å². The van der Waals surface area contributed by atoms with Gasteiger partial charge in [-0.1, -0.05) is 39.5 Å². The first-order valence-corrected chi connectivity index (χ1v) is 8.81. The van der Waals surface area contributed by atoms with Crippen molar-refractivity contribution in [2.75, 3.05) is 0 Å². The molecular formula is C18H33N. The highest BCUT2D eigenvalue weighted by atomic mass is 14.7. The summed E-state index contributed by atoms with van der Waals surface area (Å²) >= 11 is 0. The number of unbranched alkanes of at least 4 members (excludes halogenated alkanes) is 3. The van der Waals surface area contributed by atoms with Gasteiger partial charge >= 0.3 is 0 Å². The molecule has 4 aliphatic carbocycles. The quantitative estimate of drug-likeness (QED) is 0.678. The number of nitrogens with two attached hydrogens (primary N) is 1. The zero-order valence-electron chi connectivity index (χ0n) is 13.1. The molecular weight excluding hydrogens is 230 g/mol. The Bertz CT molecular complexity index is 308. The van der Waals surface area contributed by atoms with Crippen LogP contribution in [0, 0.1) is 22.7 Å². The van der Waals surface area contributed by atoms with E-state index in [9.17, 15) is 0 Å². The average molecular weight is 263 g/mol. The standard InChI is InChI=1S/C18H33N/c1-3-4-5-6-7-16(19)18-11-14-8-15(12-18)10-17(2,9-14)13-18/h14-16H,3-13,19H2,1-2H3. The predicted octanol–water partition coefficient (Wildman–Crippen LogP) is 4.89. The summed E-state index contributed by atoms with van der Waals surface area (Å²) in [6.45, 7) is 4.85. The Morgan fingerprint density at radius 2 is 1.74 bits per heavy atom. The molecule has 0 heterocycles. The van der Waals surface area contributed by atoms with Gasteiger partial charge in [0.1, 0.15) is 0 Å². The first kappa shape index (κ1) is 13.9. The summed E-state index contributed by atoms with van der Waals surface area (Å²) < 4.78 is 0. The summed E-state index contributed by atoms with van der Waals surface area (Å²) in [7, 11) is 0. The van der Waals surface area contributed by atoms with E-state index in [-0.39, 0.29) is 0 Å². The van der Waals surface area contributed by atoms with E-state index >= 15 is 0 Å². The van der Waals surface area contributed by atoms with Gasteiger partial charge in [-0.25, -0.2) is 0 Å². The molecule has 1 heteroatoms. The Labute approximate surface area is 119 Å². The molecule has 1 nitrogen and oxygen atoms in total. The van der Waals surface area contributed by atoms with Crippen molar-refractivity contribution < 1.29 is 0 Å². The lowest BCUT2D eigenvalue weighted by molar-refractivity contribution is -0.114. The van der Waals surface area contributed by atoms with E-state index in [1.807, 2.05) is 0 Å². The highest BCUT2D eigenvalue weighted by Gasteiger charge is 2.57. The van der Waals surface area contributed by atoms with E-state index in [0.717, 1.165) is 11.8 Å². The van der Waals surface area contributed by atoms with Crippen LogP contribution in [0.1, 0.15) is 84.5 Å². The van der Waals surface area contributed by atoms with Crippen LogP contribution in [0.2, 0.25) is 0 Å². The van der Waals surface area contributed by atoms with Crippen LogP contribution in [0.15, 0.2) is 0 Å². The highest BCUT2D eigenvalue weighted by molar-refractivity contribution is 5.09. The predicted molar refractivity (Wildman–Crippen MR) is 82.0 cm³/mol. The van der Waals surface area contributed by atoms with Crippen molar-refractivity contribution in [1.29, 1.82) is 0 Å². The van der Waals surface area contributed by atoms with Gasteiger partial charge in [-0.2, -0.15) is 0 Å². The third kappa shape index (κ3) is 2.60. The van der Waals surface area contributed by atoms with Crippen molar-refractivity contribution in [2.45, 2.75) is 90.5 Å². The summed E-state index contributed by atoms with van der Waals surface area (Å²) in [5.41, 5.74) is 7.92. The topological polar surface area (TPSA) is 26.0 Å². The van der Waals surface area contributed by atoms with Crippen LogP contribution in [0.3, 0.4) is 0 Å². The molecule has 4 saturated carbocycles. The van der Waals surface area contributed by atoms with Crippen LogP contribution in [-0.2, 0) is 0 Å². The third-order valence-corrected chi connectivity index (χ3v) is 6.55. The van der Waals surface area contributed by atoms with E-state index in [1.165, 1.54) is 70.6 Å². The fraction of sp³-hybridized carbons (Fsp3) is 1.00. The van der Waals surface area contributed by atoms with Gasteiger partial charge in [0.05, 0.1) is 0 Å². The fourth-order valence-corrected chi connectivity index (χ4v) is 6.33. The Balaban J connectivity index is 1.63. The average Bonchev–Trinajstić information content (AvgIpc) is 2.31. The Morgan fingerprint density at radius 1 is 1.05 bits per heavy atom. The van der Waals surface area contributed by atoms with Gasteiger partial charge in [0, 0.05) is 6.04 Å². The van der Waals surface area contributed by atoms with Crippen molar-refractivity contribution in [1.82, 2.24) is 0 Å². The van der Waals surface area contributed by atoms with E-state index < -0.39 is 0 Å². The van der Waals surface area contributed by atoms with Crippen molar-refractivity contribution in [2.24, 2.45) is 28.4 Å². The fourth-order valence-electron chi connectivity index (χ4n) is 6.33. The van der Waals surface area contributed by atoms with Crippen molar-refractivity contribution in [3.63, 3.8) is 0 Å². The van der Waals surface area contributed by atoms with Gasteiger partial charge in [0.2, 0.25) is 0 Å². The third-order valence-electron chi connectivity index (χ3n) is 6.55. The lowest BCUT2D eigenvalue weighted by Crippen LogP contribution is -2.57. The number of rotatable bonds is 6. The molecule has 0 radical (unpaired) electrons. The van der Waals surface area contributed by atoms with E-state index in [2.05, 4.69) is 13.8 Å². The minimum atomic E-state index is 0.495. The summed E-state index contributed by atoms with van der Waals surface area (Å²) in [6.07, 6.45) is 15.7. The molecule has 4 rings (SSSR count). The highest BCUT2D eigenvalue weighted by Crippen LogP contribution is 2.66. The summed E-state index contributed by atoms with van der Waals surface area (Å²) in [6, 6.07) is 0.495. The van der Waals surface area contributed by atoms with Crippen LogP contribution >= 0.6 is 0 Å². The molecule has 19 heavy (non-hydrogen) atoms. The molecule has 0 amide bonds. The largest absolute Gasteiger partial charge is 0.327 e. The second-order valence-electron chi connectivity index (χ2n) is 8.59. The first-order chi connectivity index (χ1) is 9.05. The van der Waals surface area contributed by atoms with Gasteiger partial charge in [-0.05, 0) is 67.6 Å². The van der Waals surface area contributed by atoms with Crippen LogP contribution in [-0.4, -0.2) is 6.04 Å². The first-order valence-electron chi connectivity index (χ1n) is 8.81. The molecule has 0 spiro atoms. The Kier molecular flexibility index (Phi) is 3.71. The molecule has 110 valence electrons. The Morgan fingerprint density at radius 3 is 2.32 bits per heavy atom. The molecule has 0 aromatic rings. The molecule has 4 aliphatic rings. The van der Waals surface area contributed by atoms with Gasteiger partial charge in [0.25, 0.3) is 0 Å². The molecule has 3 atom stereocenters. The molecule has 0 aromatic heterocycles. The van der Waals surface area contributed by atoms with Crippen LogP contribution in [0.4, 0.5) is 0 Å². The molecule has 4 bridgehead atoms. The van der Waals surface area contributed by atoms with E-state index in [1.54, 1.807) is 0 Å². The molecule has 4 fully saturated rings. The van der Waals surface area contributed by atoms with Gasteiger partial charge in [-0.3, -0.25) is 0 Å². The van der Waals surface area contributed by atoms with Crippen molar-refractivity contribution >= 4 is 0 Å². The van der Waals surface area contributed by atoms with E-state index in [4.69, 9.17) is 5.73 Å². The number of hydrogen-bond donors (Lipinski definition) is 1. The van der Waals surface area contributed by atoms with Gasteiger partial charge in [0.15, 0.2) is 0 Å². The summed E-state index contributed by atoms with van der Waals surface area (Å²) in [5.74, 6) is 2.04. The maximum absolute atomic E-state index is 6.71. The van der Waals surface area contributed by atoms with Crippen LogP contribution in [0.25, 0.3) is 0 Å². The molecule has 0 aliphatic heterocycles. The summed E-state index contributed by atoms with van der Waals surface area (Å²) in [4.78, 5) is 0. The summed E-state index contributed by atoms with van der Waals surface area (Å²) in [5, 5.41) is 0. The van der Waals surface area contributed by atoms with Crippen LogP contribution < -0.4 is 5.73 Å². The second kappa shape index (κ2) is 5.06. The molecule has 0 aromatic carbocycles. The minimum absolute atomic E-state index is 0.495. The number of hydrogen-bond acceptors (Lipinski definition) is 1. The molecule has 3 unspecified atom stereocenters. The van der Waals surface area contributed by atoms with Gasteiger partial charge in [-0.15, -0.1) is 0 Å². The van der Waals surface area contributed by atoms with E-state index in [0.29, 0.717) is 16.9 Å². The maximum Gasteiger partial charge on any atom is 0.00959 e. The Hall–Kier alpha value is -0.0400. The normalized spacial score (nSPS) is 45.6. The monoisotopic (exact) mass is 263 g/mol. The zero-order chi connectivity index (χ0) is 13.5. The zero-order valence-corrected chi connectivity index (χ0v) is 13.1. The van der Waals surface area contributed by atoms with Crippen molar-refractivity contribution in [3.05, 3.63) is 0 Å². The lowest BCUT2D eigenvalue weighted by Gasteiger charge is -2.63. The second-order valence-corrected chi connectivity index (χ2v) is 8.59. The SMILES string of the molecule is CCCCCCC(N)C12CC3CC(CC(C)(C3)C1)C2. The molecule has 0 saturated heterocycles. The smallest absolute Gasteiger partial charge is 0.00959 e. The van der Waals surface area contributed by atoms with Gasteiger partial charge < -0.3 is 5.73 Å². The maximum atomic E-state index is 6.71. The minimum Gasteiger partial charge on any atom is -0.327 e.